The molecule has 0 aromatic heterocycles. The summed E-state index contributed by atoms with van der Waals surface area (Å²) in [5.74, 6) is 0. The van der Waals surface area contributed by atoms with Crippen LogP contribution < -0.4 is 0 Å². The maximum absolute atomic E-state index is 8.53. The number of hydrogen-bond donors (Lipinski definition) is 0. The zero-order valence-electron chi connectivity index (χ0n) is 9.71. The molecule has 0 heterocycles. The summed E-state index contributed by atoms with van der Waals surface area (Å²) in [5.41, 5.74) is 18.2. The molecule has 92 valence electrons. The predicted molar refractivity (Wildman–Crippen MR) is 74.6 cm³/mol. The van der Waals surface area contributed by atoms with Gasteiger partial charge in [0.25, 0.3) is 0 Å². The van der Waals surface area contributed by atoms with E-state index in [1.54, 1.807) is 24.3 Å². The monoisotopic (exact) mass is 268 g/mol. The number of benzene rings is 2. The van der Waals surface area contributed by atoms with Gasteiger partial charge in [0.2, 0.25) is 0 Å². The molecule has 19 heavy (non-hydrogen) atoms. The van der Waals surface area contributed by atoms with E-state index in [-0.39, 0.29) is 0 Å². The minimum absolute atomic E-state index is 0.547. The molecule has 7 heteroatoms. The van der Waals surface area contributed by atoms with Crippen LogP contribution >= 0.6 is 11.8 Å². The fourth-order valence-corrected chi connectivity index (χ4v) is 2.42. The topological polar surface area (TPSA) is 97.5 Å². The van der Waals surface area contributed by atoms with Crippen LogP contribution in [-0.4, -0.2) is 0 Å². The highest BCUT2D eigenvalue weighted by molar-refractivity contribution is 7.99. The molecule has 0 N–H and O–H groups in total. The quantitative estimate of drug-likeness (QED) is 0.395. The third-order valence-electron chi connectivity index (χ3n) is 2.26. The highest BCUT2D eigenvalue weighted by atomic mass is 32.2. The summed E-state index contributed by atoms with van der Waals surface area (Å²) in [6.07, 6.45) is 0. The van der Waals surface area contributed by atoms with Gasteiger partial charge >= 0.3 is 0 Å². The van der Waals surface area contributed by atoms with Crippen molar-refractivity contribution in [3.8, 4) is 0 Å². The third-order valence-corrected chi connectivity index (χ3v) is 3.39. The third kappa shape index (κ3) is 3.20. The van der Waals surface area contributed by atoms with Crippen molar-refractivity contribution in [2.24, 2.45) is 10.2 Å². The summed E-state index contributed by atoms with van der Waals surface area (Å²) in [7, 11) is 0. The molecule has 0 spiro atoms. The molecule has 2 aromatic carbocycles. The minimum atomic E-state index is 0.547. The zero-order valence-corrected chi connectivity index (χ0v) is 10.5. The van der Waals surface area contributed by atoms with Gasteiger partial charge in [-0.2, -0.15) is 0 Å². The van der Waals surface area contributed by atoms with E-state index in [1.807, 2.05) is 24.3 Å². The van der Waals surface area contributed by atoms with Gasteiger partial charge in [-0.05, 0) is 23.2 Å². The molecule has 2 rings (SSSR count). The van der Waals surface area contributed by atoms with Crippen LogP contribution in [0.15, 0.2) is 68.6 Å². The lowest BCUT2D eigenvalue weighted by atomic mass is 10.3. The lowest BCUT2D eigenvalue weighted by Crippen LogP contribution is -1.75. The Hall–Kier alpha value is -2.59. The lowest BCUT2D eigenvalue weighted by molar-refractivity contribution is 1.31. The van der Waals surface area contributed by atoms with E-state index >= 15 is 0 Å². The molecule has 0 unspecified atom stereocenters. The van der Waals surface area contributed by atoms with Crippen LogP contribution in [0.2, 0.25) is 0 Å². The van der Waals surface area contributed by atoms with E-state index in [0.717, 1.165) is 9.79 Å². The van der Waals surface area contributed by atoms with Crippen molar-refractivity contribution in [3.63, 3.8) is 0 Å². The fourth-order valence-electron chi connectivity index (χ4n) is 1.47. The number of nitrogens with zero attached hydrogens (tertiary/aromatic N) is 6. The summed E-state index contributed by atoms with van der Waals surface area (Å²) < 4.78 is 0. The van der Waals surface area contributed by atoms with E-state index < -0.39 is 0 Å². The Morgan fingerprint density at radius 3 is 1.58 bits per heavy atom. The van der Waals surface area contributed by atoms with Crippen LogP contribution in [0.1, 0.15) is 0 Å². The maximum Gasteiger partial charge on any atom is 0.0514 e. The lowest BCUT2D eigenvalue weighted by Gasteiger charge is -2.06. The van der Waals surface area contributed by atoms with Gasteiger partial charge in [-0.3, -0.25) is 0 Å². The van der Waals surface area contributed by atoms with Crippen LogP contribution in [0.5, 0.6) is 0 Å². The largest absolute Gasteiger partial charge is 0.0891 e. The highest BCUT2D eigenvalue weighted by Crippen LogP contribution is 2.39. The Kier molecular flexibility index (Phi) is 4.31. The second-order valence-electron chi connectivity index (χ2n) is 3.42. The minimum Gasteiger partial charge on any atom is -0.0891 e. The van der Waals surface area contributed by atoms with Crippen molar-refractivity contribution < 1.29 is 0 Å². The SMILES string of the molecule is [N-]=[N+]=Nc1ccccc1Sc1ccccc1N=[N+]=[N-]. The summed E-state index contributed by atoms with van der Waals surface area (Å²) in [6.45, 7) is 0. The van der Waals surface area contributed by atoms with Gasteiger partial charge in [0.05, 0.1) is 11.4 Å². The first-order valence-corrected chi connectivity index (χ1v) is 6.13. The van der Waals surface area contributed by atoms with Crippen LogP contribution in [0.4, 0.5) is 11.4 Å². The molecule has 0 aliphatic rings. The van der Waals surface area contributed by atoms with E-state index in [9.17, 15) is 0 Å². The summed E-state index contributed by atoms with van der Waals surface area (Å²) in [4.78, 5) is 7.21. The van der Waals surface area contributed by atoms with Crippen molar-refractivity contribution in [1.29, 1.82) is 0 Å². The van der Waals surface area contributed by atoms with Crippen molar-refractivity contribution in [1.82, 2.24) is 0 Å². The fraction of sp³-hybridized carbons (Fsp3) is 0. The van der Waals surface area contributed by atoms with E-state index in [2.05, 4.69) is 20.1 Å². The smallest absolute Gasteiger partial charge is 0.0514 e. The first-order chi connectivity index (χ1) is 9.35. The molecule has 0 fully saturated rings. The molecule has 6 nitrogen and oxygen atoms in total. The molecule has 0 atom stereocenters. The van der Waals surface area contributed by atoms with Gasteiger partial charge in [-0.25, -0.2) is 0 Å². The van der Waals surface area contributed by atoms with Crippen LogP contribution in [0.25, 0.3) is 20.9 Å². The molecule has 0 amide bonds. The summed E-state index contributed by atoms with van der Waals surface area (Å²) in [6, 6.07) is 14.5. The van der Waals surface area contributed by atoms with Gasteiger partial charge < -0.3 is 0 Å². The van der Waals surface area contributed by atoms with Crippen molar-refractivity contribution in [3.05, 3.63) is 69.4 Å². The Morgan fingerprint density at radius 1 is 0.737 bits per heavy atom. The first-order valence-electron chi connectivity index (χ1n) is 5.31. The number of rotatable bonds is 4. The predicted octanol–water partition coefficient (Wildman–Crippen LogP) is 5.72. The highest BCUT2D eigenvalue weighted by Gasteiger charge is 2.05. The number of hydrogen-bond acceptors (Lipinski definition) is 3. The van der Waals surface area contributed by atoms with Crippen molar-refractivity contribution in [2.45, 2.75) is 9.79 Å². The number of azide groups is 2. The molecule has 0 bridgehead atoms. The molecule has 0 saturated heterocycles. The summed E-state index contributed by atoms with van der Waals surface area (Å²) >= 11 is 1.39. The second-order valence-corrected chi connectivity index (χ2v) is 4.50. The second kappa shape index (κ2) is 6.37. The van der Waals surface area contributed by atoms with E-state index in [4.69, 9.17) is 11.1 Å². The van der Waals surface area contributed by atoms with Crippen LogP contribution in [0, 0.1) is 0 Å². The average molecular weight is 268 g/mol. The van der Waals surface area contributed by atoms with Gasteiger partial charge in [-0.1, -0.05) is 58.4 Å². The maximum atomic E-state index is 8.53. The molecule has 0 radical (unpaired) electrons. The van der Waals surface area contributed by atoms with Gasteiger partial charge in [0, 0.05) is 19.6 Å². The van der Waals surface area contributed by atoms with Crippen LogP contribution in [0.3, 0.4) is 0 Å². The standard InChI is InChI=1S/C12H8N6S/c13-17-15-9-5-1-3-7-11(9)19-12-8-4-2-6-10(12)16-18-14/h1-8H. The average Bonchev–Trinajstić information content (AvgIpc) is 2.44. The zero-order chi connectivity index (χ0) is 13.5. The van der Waals surface area contributed by atoms with Gasteiger partial charge in [0.1, 0.15) is 0 Å². The first kappa shape index (κ1) is 12.9. The van der Waals surface area contributed by atoms with E-state index in [0.29, 0.717) is 11.4 Å². The Balaban J connectivity index is 2.41. The van der Waals surface area contributed by atoms with Crippen molar-refractivity contribution >= 4 is 23.1 Å². The van der Waals surface area contributed by atoms with Gasteiger partial charge in [-0.15, -0.1) is 0 Å². The molecule has 0 aliphatic heterocycles. The van der Waals surface area contributed by atoms with Crippen LogP contribution in [-0.2, 0) is 0 Å². The van der Waals surface area contributed by atoms with E-state index in [1.165, 1.54) is 11.8 Å². The van der Waals surface area contributed by atoms with Crippen molar-refractivity contribution in [2.75, 3.05) is 0 Å². The Bertz CT molecular complexity index is 627. The molecular weight excluding hydrogens is 260 g/mol. The van der Waals surface area contributed by atoms with Gasteiger partial charge in [0.15, 0.2) is 0 Å². The molecule has 0 aliphatic carbocycles. The normalized spacial score (nSPS) is 9.26. The Labute approximate surface area is 113 Å². The molecule has 0 saturated carbocycles. The summed E-state index contributed by atoms with van der Waals surface area (Å²) in [5, 5.41) is 7.27. The Morgan fingerprint density at radius 2 is 1.16 bits per heavy atom. The molecular formula is C12H8N6S. The molecule has 2 aromatic rings.